The van der Waals surface area contributed by atoms with Crippen molar-refractivity contribution in [3.05, 3.63) is 72.9 Å². The highest BCUT2D eigenvalue weighted by Gasteiger charge is 2.19. The Hall–Kier alpha value is -3.15. The van der Waals surface area contributed by atoms with E-state index in [-0.39, 0.29) is 31.1 Å². The first-order chi connectivity index (χ1) is 33.5. The minimum Gasteiger partial charge on any atom is -0.462 e. The standard InChI is InChI=1S/C62H108O6/c1-4-7-10-13-16-19-21-23-25-26-27-28-29-30-31-32-33-34-35-36-38-39-41-43-46-49-52-55-61(64)67-58-59(57-66-60(63)54-51-48-45-18-15-12-9-6-3)68-62(65)56-53-50-47-44-42-40-37-24-22-20-17-14-11-8-5-2/h8,11,17,20-21,23-24,26-27,29-30,37,59H,4-7,9-10,12-16,18-19,22,25,28,31-36,38-58H2,1-3H3/b11-8-,20-17-,23-21-,27-26-,30-29-,37-24-. The molecule has 0 N–H and O–H groups in total. The topological polar surface area (TPSA) is 78.9 Å². The zero-order chi connectivity index (χ0) is 49.3. The van der Waals surface area contributed by atoms with Gasteiger partial charge in [-0.05, 0) is 89.9 Å². The number of ether oxygens (including phenoxy) is 3. The van der Waals surface area contributed by atoms with E-state index in [1.165, 1.54) is 135 Å². The summed E-state index contributed by atoms with van der Waals surface area (Å²) in [4.78, 5) is 38.0. The van der Waals surface area contributed by atoms with Crippen LogP contribution in [0.25, 0.3) is 0 Å². The predicted octanol–water partition coefficient (Wildman–Crippen LogP) is 19.4. The van der Waals surface area contributed by atoms with E-state index in [1.807, 2.05) is 0 Å². The molecule has 392 valence electrons. The fourth-order valence-corrected chi connectivity index (χ4v) is 8.11. The van der Waals surface area contributed by atoms with Crippen LogP contribution in [0.2, 0.25) is 0 Å². The summed E-state index contributed by atoms with van der Waals surface area (Å²) in [5.41, 5.74) is 0. The molecule has 68 heavy (non-hydrogen) atoms. The molecule has 0 aliphatic heterocycles. The number of esters is 3. The van der Waals surface area contributed by atoms with Gasteiger partial charge in [0.2, 0.25) is 0 Å². The summed E-state index contributed by atoms with van der Waals surface area (Å²) in [5.74, 6) is -0.899. The van der Waals surface area contributed by atoms with Gasteiger partial charge in [0, 0.05) is 19.3 Å². The van der Waals surface area contributed by atoms with Crippen molar-refractivity contribution < 1.29 is 28.6 Å². The maximum absolute atomic E-state index is 12.8. The molecule has 0 spiro atoms. The molecule has 0 fully saturated rings. The molecule has 0 saturated carbocycles. The molecule has 0 aliphatic carbocycles. The minimum absolute atomic E-state index is 0.0814. The number of hydrogen-bond donors (Lipinski definition) is 0. The SMILES string of the molecule is CC/C=C\C/C=C\C/C=C\CCCCCCCC(=O)OC(COC(=O)CCCCCCCCCC)COC(=O)CCCCCCCCCCCCCC/C=C\C/C=C\C/C=C\CCCCCCC. The Morgan fingerprint density at radius 2 is 0.574 bits per heavy atom. The van der Waals surface area contributed by atoms with Gasteiger partial charge in [0.25, 0.3) is 0 Å². The van der Waals surface area contributed by atoms with E-state index in [2.05, 4.69) is 93.7 Å². The normalized spacial score (nSPS) is 12.6. The van der Waals surface area contributed by atoms with Crippen molar-refractivity contribution >= 4 is 17.9 Å². The summed E-state index contributed by atoms with van der Waals surface area (Å²) in [6.45, 7) is 6.48. The lowest BCUT2D eigenvalue weighted by atomic mass is 10.0. The number of rotatable bonds is 52. The van der Waals surface area contributed by atoms with Crippen molar-refractivity contribution in [2.24, 2.45) is 0 Å². The second kappa shape index (κ2) is 56.4. The summed E-state index contributed by atoms with van der Waals surface area (Å²) < 4.78 is 16.8. The van der Waals surface area contributed by atoms with E-state index in [0.717, 1.165) is 109 Å². The number of hydrogen-bond acceptors (Lipinski definition) is 6. The van der Waals surface area contributed by atoms with E-state index in [0.29, 0.717) is 19.3 Å². The third kappa shape index (κ3) is 53.8. The van der Waals surface area contributed by atoms with E-state index in [1.54, 1.807) is 0 Å². The Bertz CT molecular complexity index is 1270. The molecular weight excluding hydrogens is 841 g/mol. The first kappa shape index (κ1) is 64.8. The first-order valence-electron chi connectivity index (χ1n) is 28.9. The third-order valence-electron chi connectivity index (χ3n) is 12.4. The molecule has 6 heteroatoms. The Morgan fingerprint density at radius 3 is 0.897 bits per heavy atom. The summed E-state index contributed by atoms with van der Waals surface area (Å²) >= 11 is 0. The molecule has 0 aromatic rings. The van der Waals surface area contributed by atoms with E-state index < -0.39 is 6.10 Å². The molecule has 0 aromatic carbocycles. The van der Waals surface area contributed by atoms with Gasteiger partial charge in [-0.3, -0.25) is 14.4 Å². The molecule has 0 bridgehead atoms. The van der Waals surface area contributed by atoms with E-state index >= 15 is 0 Å². The Morgan fingerprint density at radius 1 is 0.309 bits per heavy atom. The van der Waals surface area contributed by atoms with Crippen LogP contribution >= 0.6 is 0 Å². The van der Waals surface area contributed by atoms with E-state index in [4.69, 9.17) is 14.2 Å². The van der Waals surface area contributed by atoms with Crippen molar-refractivity contribution in [3.63, 3.8) is 0 Å². The van der Waals surface area contributed by atoms with Gasteiger partial charge in [0.05, 0.1) is 0 Å². The first-order valence-corrected chi connectivity index (χ1v) is 28.9. The van der Waals surface area contributed by atoms with Crippen LogP contribution in [-0.4, -0.2) is 37.2 Å². The summed E-state index contributed by atoms with van der Waals surface area (Å²) in [6.07, 6.45) is 72.0. The average Bonchev–Trinajstić information content (AvgIpc) is 3.34. The van der Waals surface area contributed by atoms with Gasteiger partial charge < -0.3 is 14.2 Å². The maximum Gasteiger partial charge on any atom is 0.306 e. The van der Waals surface area contributed by atoms with Gasteiger partial charge in [0.1, 0.15) is 13.2 Å². The lowest BCUT2D eigenvalue weighted by Gasteiger charge is -2.18. The number of allylic oxidation sites excluding steroid dienone is 12. The van der Waals surface area contributed by atoms with Gasteiger partial charge in [-0.2, -0.15) is 0 Å². The third-order valence-corrected chi connectivity index (χ3v) is 12.4. The zero-order valence-corrected chi connectivity index (χ0v) is 44.9. The predicted molar refractivity (Wildman–Crippen MR) is 293 cm³/mol. The van der Waals surface area contributed by atoms with E-state index in [9.17, 15) is 14.4 Å². The molecule has 0 radical (unpaired) electrons. The molecule has 0 heterocycles. The summed E-state index contributed by atoms with van der Waals surface area (Å²) in [6, 6.07) is 0. The Kier molecular flexibility index (Phi) is 53.8. The fraction of sp³-hybridized carbons (Fsp3) is 0.758. The fourth-order valence-electron chi connectivity index (χ4n) is 8.11. The van der Waals surface area contributed by atoms with Crippen molar-refractivity contribution in [1.29, 1.82) is 0 Å². The highest BCUT2D eigenvalue weighted by molar-refractivity contribution is 5.71. The molecular formula is C62H108O6. The minimum atomic E-state index is -0.782. The van der Waals surface area contributed by atoms with Crippen molar-refractivity contribution in [2.45, 2.75) is 290 Å². The van der Waals surface area contributed by atoms with Gasteiger partial charge in [-0.15, -0.1) is 0 Å². The van der Waals surface area contributed by atoms with Crippen LogP contribution in [0.4, 0.5) is 0 Å². The molecule has 0 aliphatic rings. The molecule has 0 amide bonds. The zero-order valence-electron chi connectivity index (χ0n) is 44.9. The highest BCUT2D eigenvalue weighted by atomic mass is 16.6. The Labute approximate surface area is 421 Å². The Balaban J connectivity index is 4.17. The van der Waals surface area contributed by atoms with Crippen LogP contribution in [-0.2, 0) is 28.6 Å². The van der Waals surface area contributed by atoms with Gasteiger partial charge in [-0.1, -0.05) is 248 Å². The second-order valence-corrected chi connectivity index (χ2v) is 19.2. The molecule has 0 saturated heterocycles. The number of carbonyl (C=O) groups excluding carboxylic acids is 3. The van der Waals surface area contributed by atoms with Gasteiger partial charge >= 0.3 is 17.9 Å². The van der Waals surface area contributed by atoms with Crippen LogP contribution < -0.4 is 0 Å². The molecule has 0 rings (SSSR count). The monoisotopic (exact) mass is 949 g/mol. The van der Waals surface area contributed by atoms with Crippen LogP contribution in [0, 0.1) is 0 Å². The van der Waals surface area contributed by atoms with Crippen LogP contribution in [0.15, 0.2) is 72.9 Å². The average molecular weight is 950 g/mol. The molecule has 6 nitrogen and oxygen atoms in total. The highest BCUT2D eigenvalue weighted by Crippen LogP contribution is 2.15. The molecule has 1 atom stereocenters. The van der Waals surface area contributed by atoms with Crippen molar-refractivity contribution in [1.82, 2.24) is 0 Å². The maximum atomic E-state index is 12.8. The van der Waals surface area contributed by atoms with Gasteiger partial charge in [0.15, 0.2) is 6.10 Å². The second-order valence-electron chi connectivity index (χ2n) is 19.2. The van der Waals surface area contributed by atoms with Gasteiger partial charge in [-0.25, -0.2) is 0 Å². The van der Waals surface area contributed by atoms with Crippen LogP contribution in [0.1, 0.15) is 284 Å². The van der Waals surface area contributed by atoms with Crippen molar-refractivity contribution in [2.75, 3.05) is 13.2 Å². The number of carbonyl (C=O) groups is 3. The number of unbranched alkanes of at least 4 members (excludes halogenated alkanes) is 29. The quantitative estimate of drug-likeness (QED) is 0.0262. The molecule has 0 aromatic heterocycles. The summed E-state index contributed by atoms with van der Waals surface area (Å²) in [5, 5.41) is 0. The summed E-state index contributed by atoms with van der Waals surface area (Å²) in [7, 11) is 0. The van der Waals surface area contributed by atoms with Crippen LogP contribution in [0.3, 0.4) is 0 Å². The lowest BCUT2D eigenvalue weighted by molar-refractivity contribution is -0.167. The van der Waals surface area contributed by atoms with Crippen molar-refractivity contribution in [3.8, 4) is 0 Å². The molecule has 1 unspecified atom stereocenters. The van der Waals surface area contributed by atoms with Crippen LogP contribution in [0.5, 0.6) is 0 Å². The lowest BCUT2D eigenvalue weighted by Crippen LogP contribution is -2.30. The largest absolute Gasteiger partial charge is 0.462 e. The smallest absolute Gasteiger partial charge is 0.306 e.